The molecule has 0 aromatic carbocycles. The number of hydrogen-bond donors (Lipinski definition) is 0. The molecule has 0 aliphatic carbocycles. The van der Waals surface area contributed by atoms with Crippen LogP contribution in [0.5, 0.6) is 0 Å². The first-order valence-corrected chi connectivity index (χ1v) is 2.80. The Balaban J connectivity index is 3.21. The number of carbonyl (C=O) groups excluding carboxylic acids is 1. The summed E-state index contributed by atoms with van der Waals surface area (Å²) in [6, 6.07) is 0. The predicted octanol–water partition coefficient (Wildman–Crippen LogP) is 0.931. The van der Waals surface area contributed by atoms with E-state index in [4.69, 9.17) is 6.42 Å². The van der Waals surface area contributed by atoms with Crippen LogP contribution in [0.15, 0.2) is 0 Å². The van der Waals surface area contributed by atoms with Crippen LogP contribution in [-0.4, -0.2) is 10.9 Å². The normalized spacial score (nSPS) is 12.0. The molecule has 0 radical (unpaired) electrons. The maximum absolute atomic E-state index is 9.64. The van der Waals surface area contributed by atoms with Gasteiger partial charge in [-0.15, -0.1) is 6.42 Å². The zero-order chi connectivity index (χ0) is 5.70. The molecular weight excluding hydrogens is 108 g/mol. The molecule has 0 amide bonds. The highest BCUT2D eigenvalue weighted by molar-refractivity contribution is 8.12. The lowest BCUT2D eigenvalue weighted by molar-refractivity contribution is 0.570. The molecule has 1 unspecified atom stereocenters. The summed E-state index contributed by atoms with van der Waals surface area (Å²) in [6.07, 6.45) is 4.93. The fourth-order valence-corrected chi connectivity index (χ4v) is 0.368. The summed E-state index contributed by atoms with van der Waals surface area (Å²) in [7, 11) is 0. The van der Waals surface area contributed by atoms with Gasteiger partial charge in [0.25, 0.3) is 0 Å². The van der Waals surface area contributed by atoms with Crippen LogP contribution in [-0.2, 0) is 4.79 Å². The first-order chi connectivity index (χ1) is 3.31. The molecule has 38 valence electrons. The third-order valence-electron chi connectivity index (χ3n) is 0.494. The van der Waals surface area contributed by atoms with Gasteiger partial charge in [-0.05, 0) is 6.92 Å². The molecule has 1 nitrogen and oxygen atoms in total. The lowest BCUT2D eigenvalue weighted by atomic mass is 10.5. The molecule has 2 heteroatoms. The molecule has 0 aromatic rings. The molecule has 0 bridgehead atoms. The smallest absolute Gasteiger partial charge is 0.177 e. The summed E-state index contributed by atoms with van der Waals surface area (Å²) >= 11 is 1.11. The number of terminal acetylenes is 1. The topological polar surface area (TPSA) is 17.1 Å². The van der Waals surface area contributed by atoms with Crippen molar-refractivity contribution in [1.29, 1.82) is 0 Å². The Labute approximate surface area is 47.5 Å². The van der Waals surface area contributed by atoms with E-state index in [1.54, 1.807) is 6.92 Å². The Morgan fingerprint density at radius 3 is 2.71 bits per heavy atom. The zero-order valence-electron chi connectivity index (χ0n) is 4.05. The largest absolute Gasteiger partial charge is 0.291 e. The van der Waals surface area contributed by atoms with Gasteiger partial charge in [0, 0.05) is 0 Å². The Kier molecular flexibility index (Phi) is 3.53. The average molecular weight is 114 g/mol. The lowest BCUT2D eigenvalue weighted by Crippen LogP contribution is -1.87. The standard InChI is InChI=1S/C5H6OS/c1-3-5(2)7-4-6/h1,4-5H,2H3. The lowest BCUT2D eigenvalue weighted by Gasteiger charge is -1.89. The molecule has 0 saturated carbocycles. The van der Waals surface area contributed by atoms with Crippen molar-refractivity contribution in [3.05, 3.63) is 0 Å². The Morgan fingerprint density at radius 1 is 2.00 bits per heavy atom. The van der Waals surface area contributed by atoms with E-state index in [1.165, 1.54) is 0 Å². The van der Waals surface area contributed by atoms with Gasteiger partial charge < -0.3 is 0 Å². The summed E-state index contributed by atoms with van der Waals surface area (Å²) in [6.45, 7) is 1.80. The van der Waals surface area contributed by atoms with Crippen molar-refractivity contribution in [2.45, 2.75) is 12.2 Å². The monoisotopic (exact) mass is 114 g/mol. The van der Waals surface area contributed by atoms with E-state index < -0.39 is 0 Å². The van der Waals surface area contributed by atoms with Gasteiger partial charge in [0.05, 0.1) is 5.25 Å². The molecule has 0 aromatic heterocycles. The fraction of sp³-hybridized carbons (Fsp3) is 0.400. The quantitative estimate of drug-likeness (QED) is 0.392. The van der Waals surface area contributed by atoms with E-state index in [-0.39, 0.29) is 5.25 Å². The summed E-state index contributed by atoms with van der Waals surface area (Å²) in [4.78, 5) is 9.64. The SMILES string of the molecule is C#CC(C)SC=O. The van der Waals surface area contributed by atoms with Gasteiger partial charge in [0.15, 0.2) is 5.62 Å². The molecule has 1 atom stereocenters. The Hall–Kier alpha value is -0.420. The zero-order valence-corrected chi connectivity index (χ0v) is 4.87. The minimum absolute atomic E-state index is 0.0255. The second-order valence-electron chi connectivity index (χ2n) is 1.04. The van der Waals surface area contributed by atoms with Gasteiger partial charge in [-0.25, -0.2) is 0 Å². The molecule has 7 heavy (non-hydrogen) atoms. The van der Waals surface area contributed by atoms with Crippen molar-refractivity contribution in [1.82, 2.24) is 0 Å². The maximum Gasteiger partial charge on any atom is 0.177 e. The Bertz CT molecular complexity index is 92.7. The molecule has 0 aliphatic rings. The summed E-state index contributed by atoms with van der Waals surface area (Å²) < 4.78 is 0. The second-order valence-corrected chi connectivity index (χ2v) is 2.21. The fourth-order valence-electron chi connectivity index (χ4n) is 0.123. The number of hydrogen-bond acceptors (Lipinski definition) is 2. The Morgan fingerprint density at radius 2 is 2.57 bits per heavy atom. The highest BCUT2D eigenvalue weighted by Gasteiger charge is 1.90. The van der Waals surface area contributed by atoms with Crippen LogP contribution in [0.25, 0.3) is 0 Å². The third kappa shape index (κ3) is 3.41. The highest BCUT2D eigenvalue weighted by Crippen LogP contribution is 2.01. The first-order valence-electron chi connectivity index (χ1n) is 1.86. The molecule has 0 aliphatic heterocycles. The summed E-state index contributed by atoms with van der Waals surface area (Å²) in [5.41, 5.74) is 0.754. The van der Waals surface area contributed by atoms with Gasteiger partial charge >= 0.3 is 0 Å². The van der Waals surface area contributed by atoms with Gasteiger partial charge in [0.2, 0.25) is 0 Å². The molecular formula is C5H6OS. The average Bonchev–Trinajstić information content (AvgIpc) is 1.68. The first kappa shape index (κ1) is 6.58. The van der Waals surface area contributed by atoms with Crippen molar-refractivity contribution >= 4 is 17.4 Å². The van der Waals surface area contributed by atoms with Crippen LogP contribution < -0.4 is 0 Å². The molecule has 0 fully saturated rings. The van der Waals surface area contributed by atoms with Crippen molar-refractivity contribution in [3.8, 4) is 12.3 Å². The van der Waals surface area contributed by atoms with Gasteiger partial charge in [0.1, 0.15) is 0 Å². The molecule has 0 rings (SSSR count). The van der Waals surface area contributed by atoms with Crippen LogP contribution in [0.3, 0.4) is 0 Å². The molecule has 0 spiro atoms. The molecule has 0 heterocycles. The van der Waals surface area contributed by atoms with Crippen molar-refractivity contribution < 1.29 is 4.79 Å². The number of thioether (sulfide) groups is 1. The van der Waals surface area contributed by atoms with Gasteiger partial charge in [-0.2, -0.15) is 0 Å². The van der Waals surface area contributed by atoms with E-state index in [2.05, 4.69) is 5.92 Å². The van der Waals surface area contributed by atoms with Gasteiger partial charge in [-0.3, -0.25) is 4.79 Å². The molecule has 0 N–H and O–H groups in total. The maximum atomic E-state index is 9.64. The minimum atomic E-state index is 0.0255. The van der Waals surface area contributed by atoms with Crippen LogP contribution in [0, 0.1) is 12.3 Å². The van der Waals surface area contributed by atoms with Crippen molar-refractivity contribution in [2.75, 3.05) is 0 Å². The number of carbonyl (C=O) groups is 1. The van der Waals surface area contributed by atoms with Crippen LogP contribution >= 0.6 is 11.8 Å². The van der Waals surface area contributed by atoms with Crippen LogP contribution in [0.2, 0.25) is 0 Å². The van der Waals surface area contributed by atoms with E-state index in [0.717, 1.165) is 17.4 Å². The summed E-state index contributed by atoms with van der Waals surface area (Å²) in [5, 5.41) is 0.0255. The third-order valence-corrected chi connectivity index (χ3v) is 1.15. The van der Waals surface area contributed by atoms with Crippen molar-refractivity contribution in [2.24, 2.45) is 0 Å². The highest BCUT2D eigenvalue weighted by atomic mass is 32.2. The van der Waals surface area contributed by atoms with E-state index >= 15 is 0 Å². The predicted molar refractivity (Wildman–Crippen MR) is 32.6 cm³/mol. The van der Waals surface area contributed by atoms with Gasteiger partial charge in [-0.1, -0.05) is 17.7 Å². The molecule has 0 saturated heterocycles. The van der Waals surface area contributed by atoms with Crippen LogP contribution in [0.1, 0.15) is 6.92 Å². The summed E-state index contributed by atoms with van der Waals surface area (Å²) in [5.74, 6) is 2.40. The van der Waals surface area contributed by atoms with E-state index in [0.29, 0.717) is 0 Å². The van der Waals surface area contributed by atoms with E-state index in [9.17, 15) is 4.79 Å². The number of rotatable bonds is 2. The minimum Gasteiger partial charge on any atom is -0.291 e. The van der Waals surface area contributed by atoms with Crippen molar-refractivity contribution in [3.63, 3.8) is 0 Å². The second kappa shape index (κ2) is 3.76. The van der Waals surface area contributed by atoms with E-state index in [1.807, 2.05) is 0 Å². The van der Waals surface area contributed by atoms with Crippen LogP contribution in [0.4, 0.5) is 0 Å².